The van der Waals surface area contributed by atoms with Crippen LogP contribution in [0.25, 0.3) is 0 Å². The molecule has 1 N–H and O–H groups in total. The van der Waals surface area contributed by atoms with Gasteiger partial charge in [0.25, 0.3) is 0 Å². The maximum Gasteiger partial charge on any atom is -0.00173 e. The third-order valence-corrected chi connectivity index (χ3v) is 3.29. The molecule has 2 atom stereocenters. The molecule has 0 bridgehead atoms. The zero-order valence-corrected chi connectivity index (χ0v) is 9.09. The van der Waals surface area contributed by atoms with Crippen LogP contribution in [0, 0.1) is 12.8 Å². The van der Waals surface area contributed by atoms with Gasteiger partial charge in [0.05, 0.1) is 0 Å². The van der Waals surface area contributed by atoms with Gasteiger partial charge < -0.3 is 5.32 Å². The lowest BCUT2D eigenvalue weighted by Gasteiger charge is -2.29. The number of rotatable bonds is 1. The first-order valence-corrected chi connectivity index (χ1v) is 5.54. The maximum absolute atomic E-state index is 3.45. The summed E-state index contributed by atoms with van der Waals surface area (Å²) in [5, 5.41) is 3.45. The Morgan fingerprint density at radius 2 is 1.93 bits per heavy atom. The third kappa shape index (κ3) is 1.98. The number of piperidine rings is 1. The lowest BCUT2D eigenvalue weighted by atomic mass is 9.82. The first-order chi connectivity index (χ1) is 6.77. The minimum atomic E-state index is 0.761. The van der Waals surface area contributed by atoms with Gasteiger partial charge in [-0.3, -0.25) is 0 Å². The van der Waals surface area contributed by atoms with Gasteiger partial charge in [0.2, 0.25) is 0 Å². The molecule has 1 nitrogen and oxygen atoms in total. The summed E-state index contributed by atoms with van der Waals surface area (Å²) in [7, 11) is 0. The molecule has 2 rings (SSSR count). The number of hydrogen-bond donors (Lipinski definition) is 1. The van der Waals surface area contributed by atoms with Crippen LogP contribution in [0.4, 0.5) is 0 Å². The van der Waals surface area contributed by atoms with E-state index in [0.29, 0.717) is 0 Å². The van der Waals surface area contributed by atoms with Gasteiger partial charge in [0.1, 0.15) is 0 Å². The van der Waals surface area contributed by atoms with Gasteiger partial charge in [-0.25, -0.2) is 0 Å². The van der Waals surface area contributed by atoms with Crippen molar-refractivity contribution in [3.63, 3.8) is 0 Å². The topological polar surface area (TPSA) is 12.0 Å². The average molecular weight is 189 g/mol. The number of aryl methyl sites for hydroxylation is 1. The van der Waals surface area contributed by atoms with E-state index in [2.05, 4.69) is 43.4 Å². The smallest absolute Gasteiger partial charge is 0.00173 e. The fraction of sp³-hybridized carbons (Fsp3) is 0.538. The maximum atomic E-state index is 3.45. The summed E-state index contributed by atoms with van der Waals surface area (Å²) in [5.41, 5.74) is 2.87. The average Bonchev–Trinajstić information content (AvgIpc) is 2.20. The van der Waals surface area contributed by atoms with Crippen LogP contribution in [0.1, 0.15) is 30.4 Å². The molecular formula is C13H19N. The van der Waals surface area contributed by atoms with Crippen molar-refractivity contribution in [3.05, 3.63) is 35.4 Å². The highest BCUT2D eigenvalue weighted by Crippen LogP contribution is 2.29. The Morgan fingerprint density at radius 3 is 2.57 bits per heavy atom. The molecule has 1 heteroatoms. The molecule has 1 heterocycles. The van der Waals surface area contributed by atoms with Crippen LogP contribution in [0.2, 0.25) is 0 Å². The van der Waals surface area contributed by atoms with E-state index in [-0.39, 0.29) is 0 Å². The standard InChI is InChI=1S/C13H19N/c1-10-3-5-12(6-4-10)13-7-8-14-9-11(13)2/h3-6,11,13-14H,7-9H2,1-2H3/t11-,13?/m1/s1. The molecule has 76 valence electrons. The van der Waals surface area contributed by atoms with Crippen LogP contribution >= 0.6 is 0 Å². The summed E-state index contributed by atoms with van der Waals surface area (Å²) in [6.07, 6.45) is 1.28. The van der Waals surface area contributed by atoms with Crippen molar-refractivity contribution >= 4 is 0 Å². The fourth-order valence-electron chi connectivity index (χ4n) is 2.32. The monoisotopic (exact) mass is 189 g/mol. The van der Waals surface area contributed by atoms with E-state index in [1.54, 1.807) is 0 Å². The van der Waals surface area contributed by atoms with E-state index >= 15 is 0 Å². The Bertz CT molecular complexity index is 289. The van der Waals surface area contributed by atoms with Gasteiger partial charge in [0.15, 0.2) is 0 Å². The predicted molar refractivity (Wildman–Crippen MR) is 60.6 cm³/mol. The molecule has 1 saturated heterocycles. The molecular weight excluding hydrogens is 170 g/mol. The minimum absolute atomic E-state index is 0.761. The quantitative estimate of drug-likeness (QED) is 0.716. The Kier molecular flexibility index (Phi) is 2.87. The van der Waals surface area contributed by atoms with Gasteiger partial charge in [-0.05, 0) is 43.8 Å². The molecule has 1 aromatic carbocycles. The number of nitrogens with one attached hydrogen (secondary N) is 1. The molecule has 1 unspecified atom stereocenters. The zero-order valence-electron chi connectivity index (χ0n) is 9.09. The van der Waals surface area contributed by atoms with Gasteiger partial charge in [-0.1, -0.05) is 36.8 Å². The van der Waals surface area contributed by atoms with Crippen molar-refractivity contribution < 1.29 is 0 Å². The zero-order chi connectivity index (χ0) is 9.97. The number of benzene rings is 1. The fourth-order valence-corrected chi connectivity index (χ4v) is 2.32. The Labute approximate surface area is 86.5 Å². The van der Waals surface area contributed by atoms with Crippen LogP contribution in [0.3, 0.4) is 0 Å². The summed E-state index contributed by atoms with van der Waals surface area (Å²) >= 11 is 0. The van der Waals surface area contributed by atoms with Gasteiger partial charge in [-0.15, -0.1) is 0 Å². The van der Waals surface area contributed by atoms with Crippen LogP contribution < -0.4 is 5.32 Å². The van der Waals surface area contributed by atoms with E-state index in [9.17, 15) is 0 Å². The number of hydrogen-bond acceptors (Lipinski definition) is 1. The summed E-state index contributed by atoms with van der Waals surface area (Å²) < 4.78 is 0. The molecule has 1 aliphatic rings. The first-order valence-electron chi connectivity index (χ1n) is 5.54. The van der Waals surface area contributed by atoms with Crippen molar-refractivity contribution in [2.24, 2.45) is 5.92 Å². The van der Waals surface area contributed by atoms with Gasteiger partial charge in [-0.2, -0.15) is 0 Å². The summed E-state index contributed by atoms with van der Waals surface area (Å²) in [4.78, 5) is 0. The second-order valence-electron chi connectivity index (χ2n) is 4.49. The van der Waals surface area contributed by atoms with Crippen LogP contribution in [0.15, 0.2) is 24.3 Å². The SMILES string of the molecule is Cc1ccc(C2CCNC[C@H]2C)cc1. The third-order valence-electron chi connectivity index (χ3n) is 3.29. The second kappa shape index (κ2) is 4.14. The van der Waals surface area contributed by atoms with Gasteiger partial charge in [0, 0.05) is 0 Å². The molecule has 0 spiro atoms. The lowest BCUT2D eigenvalue weighted by Crippen LogP contribution is -2.33. The second-order valence-corrected chi connectivity index (χ2v) is 4.49. The highest BCUT2D eigenvalue weighted by Gasteiger charge is 2.21. The minimum Gasteiger partial charge on any atom is -0.316 e. The summed E-state index contributed by atoms with van der Waals surface area (Å²) in [5.74, 6) is 1.53. The Balaban J connectivity index is 2.16. The molecule has 1 fully saturated rings. The van der Waals surface area contributed by atoms with Crippen LogP contribution in [-0.2, 0) is 0 Å². The van der Waals surface area contributed by atoms with Crippen molar-refractivity contribution in [3.8, 4) is 0 Å². The highest BCUT2D eigenvalue weighted by molar-refractivity contribution is 5.25. The molecule has 0 aliphatic carbocycles. The van der Waals surface area contributed by atoms with E-state index in [1.807, 2.05) is 0 Å². The van der Waals surface area contributed by atoms with E-state index in [0.717, 1.165) is 11.8 Å². The van der Waals surface area contributed by atoms with E-state index in [1.165, 1.54) is 30.6 Å². The molecule has 0 amide bonds. The summed E-state index contributed by atoms with van der Waals surface area (Å²) in [6.45, 7) is 6.83. The van der Waals surface area contributed by atoms with Crippen molar-refractivity contribution in [2.45, 2.75) is 26.2 Å². The first kappa shape index (κ1) is 9.72. The van der Waals surface area contributed by atoms with E-state index in [4.69, 9.17) is 0 Å². The summed E-state index contributed by atoms with van der Waals surface area (Å²) in [6, 6.07) is 9.04. The van der Waals surface area contributed by atoms with Crippen molar-refractivity contribution in [1.29, 1.82) is 0 Å². The van der Waals surface area contributed by atoms with Crippen molar-refractivity contribution in [2.75, 3.05) is 13.1 Å². The molecule has 1 aromatic rings. The normalized spacial score (nSPS) is 27.6. The Morgan fingerprint density at radius 1 is 1.21 bits per heavy atom. The highest BCUT2D eigenvalue weighted by atomic mass is 14.9. The van der Waals surface area contributed by atoms with Crippen molar-refractivity contribution in [1.82, 2.24) is 5.32 Å². The molecule has 0 saturated carbocycles. The lowest BCUT2D eigenvalue weighted by molar-refractivity contribution is 0.349. The Hall–Kier alpha value is -0.820. The van der Waals surface area contributed by atoms with Crippen LogP contribution in [-0.4, -0.2) is 13.1 Å². The molecule has 1 aliphatic heterocycles. The van der Waals surface area contributed by atoms with Gasteiger partial charge >= 0.3 is 0 Å². The molecule has 0 aromatic heterocycles. The molecule has 0 radical (unpaired) electrons. The van der Waals surface area contributed by atoms with Crippen LogP contribution in [0.5, 0.6) is 0 Å². The van der Waals surface area contributed by atoms with E-state index < -0.39 is 0 Å². The molecule has 14 heavy (non-hydrogen) atoms. The largest absolute Gasteiger partial charge is 0.316 e. The predicted octanol–water partition coefficient (Wildman–Crippen LogP) is 2.71.